The van der Waals surface area contributed by atoms with Crippen LogP contribution in [-0.4, -0.2) is 11.0 Å². The van der Waals surface area contributed by atoms with E-state index in [1.807, 2.05) is 30.5 Å². The van der Waals surface area contributed by atoms with Gasteiger partial charge >= 0.3 is 0 Å². The van der Waals surface area contributed by atoms with Crippen LogP contribution in [0.4, 0.5) is 0 Å². The first-order chi connectivity index (χ1) is 8.65. The van der Waals surface area contributed by atoms with Crippen molar-refractivity contribution in [3.05, 3.63) is 45.4 Å². The molecule has 0 fully saturated rings. The summed E-state index contributed by atoms with van der Waals surface area (Å²) in [6.07, 6.45) is 2.57. The zero-order valence-corrected chi connectivity index (χ0v) is 11.7. The Morgan fingerprint density at radius 2 is 2.33 bits per heavy atom. The Balaban J connectivity index is 2.01. The summed E-state index contributed by atoms with van der Waals surface area (Å²) >= 11 is 7.73. The van der Waals surface area contributed by atoms with Crippen molar-refractivity contribution in [2.75, 3.05) is 0 Å². The lowest BCUT2D eigenvalue weighted by Gasteiger charge is -2.09. The van der Waals surface area contributed by atoms with Crippen LogP contribution in [-0.2, 0) is 13.0 Å². The van der Waals surface area contributed by atoms with Crippen LogP contribution in [0.15, 0.2) is 29.8 Å². The molecule has 96 valence electrons. The molecule has 1 heterocycles. The predicted octanol–water partition coefficient (Wildman–Crippen LogP) is 3.27. The molecule has 0 spiro atoms. The zero-order valence-electron chi connectivity index (χ0n) is 10.1. The monoisotopic (exact) mass is 282 g/mol. The lowest BCUT2D eigenvalue weighted by atomic mass is 10.1. The molecule has 0 radical (unpaired) electrons. The number of thiazole rings is 1. The number of benzene rings is 1. The van der Waals surface area contributed by atoms with Gasteiger partial charge in [0.1, 0.15) is 17.4 Å². The molecule has 1 unspecified atom stereocenters. The highest BCUT2D eigenvalue weighted by Crippen LogP contribution is 2.26. The minimum absolute atomic E-state index is 0.128. The lowest BCUT2D eigenvalue weighted by molar-refractivity contribution is 0.305. The molecule has 2 rings (SSSR count). The van der Waals surface area contributed by atoms with Gasteiger partial charge in [-0.1, -0.05) is 17.7 Å². The van der Waals surface area contributed by atoms with Gasteiger partial charge < -0.3 is 10.5 Å². The van der Waals surface area contributed by atoms with Crippen molar-refractivity contribution < 1.29 is 4.74 Å². The molecule has 0 aliphatic rings. The fraction of sp³-hybridized carbons (Fsp3) is 0.308. The molecule has 2 aromatic rings. The summed E-state index contributed by atoms with van der Waals surface area (Å²) in [6, 6.07) is 5.91. The third kappa shape index (κ3) is 3.70. The van der Waals surface area contributed by atoms with E-state index < -0.39 is 0 Å². The highest BCUT2D eigenvalue weighted by molar-refractivity contribution is 7.09. The molecule has 18 heavy (non-hydrogen) atoms. The molecule has 0 saturated carbocycles. The van der Waals surface area contributed by atoms with Crippen molar-refractivity contribution in [2.24, 2.45) is 5.73 Å². The molecular formula is C13H15ClN2OS. The van der Waals surface area contributed by atoms with Crippen LogP contribution in [0.5, 0.6) is 5.75 Å². The van der Waals surface area contributed by atoms with Crippen LogP contribution in [0.2, 0.25) is 5.02 Å². The van der Waals surface area contributed by atoms with Crippen LogP contribution >= 0.6 is 22.9 Å². The Morgan fingerprint density at radius 3 is 2.94 bits per heavy atom. The largest absolute Gasteiger partial charge is 0.485 e. The van der Waals surface area contributed by atoms with Crippen LogP contribution in [0, 0.1) is 0 Å². The Kier molecular flexibility index (Phi) is 4.58. The summed E-state index contributed by atoms with van der Waals surface area (Å²) in [6.45, 7) is 2.42. The second-order valence-electron chi connectivity index (χ2n) is 4.16. The molecule has 5 heteroatoms. The van der Waals surface area contributed by atoms with Gasteiger partial charge in [-0.25, -0.2) is 4.98 Å². The zero-order chi connectivity index (χ0) is 13.0. The highest BCUT2D eigenvalue weighted by Gasteiger charge is 2.06. The number of hydrogen-bond acceptors (Lipinski definition) is 4. The van der Waals surface area contributed by atoms with E-state index >= 15 is 0 Å². The van der Waals surface area contributed by atoms with Crippen LogP contribution in [0.1, 0.15) is 17.5 Å². The van der Waals surface area contributed by atoms with Gasteiger partial charge in [0.05, 0.1) is 5.02 Å². The van der Waals surface area contributed by atoms with E-state index in [1.54, 1.807) is 17.5 Å². The van der Waals surface area contributed by atoms with Gasteiger partial charge in [-0.15, -0.1) is 11.3 Å². The molecule has 1 aromatic heterocycles. The van der Waals surface area contributed by atoms with Crippen LogP contribution in [0.25, 0.3) is 0 Å². The quantitative estimate of drug-likeness (QED) is 0.916. The summed E-state index contributed by atoms with van der Waals surface area (Å²) in [5.74, 6) is 0.681. The van der Waals surface area contributed by atoms with Crippen molar-refractivity contribution in [2.45, 2.75) is 26.0 Å². The number of nitrogens with zero attached hydrogens (tertiary/aromatic N) is 1. The Hall–Kier alpha value is -1.10. The third-order valence-corrected chi connectivity index (χ3v) is 3.44. The van der Waals surface area contributed by atoms with E-state index in [1.165, 1.54) is 0 Å². The van der Waals surface area contributed by atoms with Crippen molar-refractivity contribution in [1.82, 2.24) is 4.98 Å². The molecule has 1 atom stereocenters. The minimum atomic E-state index is 0.128. The number of ether oxygens (including phenoxy) is 1. The minimum Gasteiger partial charge on any atom is -0.485 e. The molecule has 0 aliphatic heterocycles. The van der Waals surface area contributed by atoms with Gasteiger partial charge in [-0.05, 0) is 31.0 Å². The van der Waals surface area contributed by atoms with Crippen molar-refractivity contribution >= 4 is 22.9 Å². The Bertz CT molecular complexity index is 500. The number of halogens is 1. The average molecular weight is 283 g/mol. The van der Waals surface area contributed by atoms with E-state index in [2.05, 4.69) is 4.98 Å². The van der Waals surface area contributed by atoms with E-state index in [9.17, 15) is 0 Å². The number of aromatic nitrogens is 1. The number of rotatable bonds is 5. The molecule has 1 aromatic carbocycles. The third-order valence-electron chi connectivity index (χ3n) is 2.39. The summed E-state index contributed by atoms with van der Waals surface area (Å²) in [5.41, 5.74) is 6.88. The van der Waals surface area contributed by atoms with Crippen LogP contribution in [0.3, 0.4) is 0 Å². The van der Waals surface area contributed by atoms with Gasteiger partial charge in [0.15, 0.2) is 0 Å². The molecule has 0 aliphatic carbocycles. The van der Waals surface area contributed by atoms with Crippen molar-refractivity contribution in [1.29, 1.82) is 0 Å². The van der Waals surface area contributed by atoms with E-state index in [0.29, 0.717) is 17.4 Å². The van der Waals surface area contributed by atoms with E-state index in [-0.39, 0.29) is 6.04 Å². The maximum absolute atomic E-state index is 6.17. The van der Waals surface area contributed by atoms with Gasteiger partial charge in [0, 0.05) is 17.6 Å². The van der Waals surface area contributed by atoms with Crippen molar-refractivity contribution in [3.8, 4) is 5.75 Å². The molecule has 3 nitrogen and oxygen atoms in total. The Morgan fingerprint density at radius 1 is 1.50 bits per heavy atom. The topological polar surface area (TPSA) is 48.1 Å². The first kappa shape index (κ1) is 13.3. The van der Waals surface area contributed by atoms with Gasteiger partial charge in [-0.3, -0.25) is 0 Å². The second kappa shape index (κ2) is 6.18. The summed E-state index contributed by atoms with van der Waals surface area (Å²) in [7, 11) is 0. The fourth-order valence-corrected chi connectivity index (χ4v) is 2.41. The van der Waals surface area contributed by atoms with Gasteiger partial charge in [-0.2, -0.15) is 0 Å². The van der Waals surface area contributed by atoms with E-state index in [4.69, 9.17) is 22.1 Å². The van der Waals surface area contributed by atoms with Crippen LogP contribution < -0.4 is 10.5 Å². The first-order valence-corrected chi connectivity index (χ1v) is 6.96. The maximum Gasteiger partial charge on any atom is 0.140 e. The SMILES string of the molecule is CC(N)Cc1ccc(OCc2nccs2)c(Cl)c1. The lowest BCUT2D eigenvalue weighted by Crippen LogP contribution is -2.17. The first-order valence-electron chi connectivity index (χ1n) is 5.70. The highest BCUT2D eigenvalue weighted by atomic mass is 35.5. The summed E-state index contributed by atoms with van der Waals surface area (Å²) in [5, 5.41) is 3.47. The molecule has 0 amide bonds. The van der Waals surface area contributed by atoms with Gasteiger partial charge in [0.25, 0.3) is 0 Å². The standard InChI is InChI=1S/C13H15ClN2OS/c1-9(15)6-10-2-3-12(11(14)7-10)17-8-13-16-4-5-18-13/h2-5,7,9H,6,8,15H2,1H3. The maximum atomic E-state index is 6.17. The normalized spacial score (nSPS) is 12.4. The van der Waals surface area contributed by atoms with Gasteiger partial charge in [0.2, 0.25) is 0 Å². The second-order valence-corrected chi connectivity index (χ2v) is 5.55. The molecule has 0 bridgehead atoms. The predicted molar refractivity (Wildman–Crippen MR) is 75.3 cm³/mol. The average Bonchev–Trinajstić information content (AvgIpc) is 2.80. The summed E-state index contributed by atoms with van der Waals surface area (Å²) < 4.78 is 5.63. The van der Waals surface area contributed by atoms with E-state index in [0.717, 1.165) is 17.0 Å². The number of nitrogens with two attached hydrogens (primary N) is 1. The Labute approximate surface area is 116 Å². The number of hydrogen-bond donors (Lipinski definition) is 1. The summed E-state index contributed by atoms with van der Waals surface area (Å²) in [4.78, 5) is 4.15. The molecular weight excluding hydrogens is 268 g/mol. The van der Waals surface area contributed by atoms with Crippen molar-refractivity contribution in [3.63, 3.8) is 0 Å². The fourth-order valence-electron chi connectivity index (χ4n) is 1.62. The molecule has 2 N–H and O–H groups in total. The smallest absolute Gasteiger partial charge is 0.140 e. The molecule has 0 saturated heterocycles.